The van der Waals surface area contributed by atoms with Gasteiger partial charge in [0.15, 0.2) is 0 Å². The molecule has 0 aromatic carbocycles. The zero-order chi connectivity index (χ0) is 15.1. The molecule has 2 heterocycles. The molecule has 1 unspecified atom stereocenters. The molecule has 1 fully saturated rings. The molecule has 0 aliphatic carbocycles. The van der Waals surface area contributed by atoms with E-state index in [1.165, 1.54) is 62.3 Å². The molecule has 2 rings (SSSR count). The van der Waals surface area contributed by atoms with Crippen molar-refractivity contribution in [1.82, 2.24) is 10.3 Å². The van der Waals surface area contributed by atoms with Crippen molar-refractivity contribution < 1.29 is 0 Å². The van der Waals surface area contributed by atoms with Gasteiger partial charge in [-0.2, -0.15) is 0 Å². The summed E-state index contributed by atoms with van der Waals surface area (Å²) < 4.78 is 0. The summed E-state index contributed by atoms with van der Waals surface area (Å²) in [6, 6.07) is 4.51. The third-order valence-electron chi connectivity index (χ3n) is 4.54. The Balaban J connectivity index is 2.11. The minimum absolute atomic E-state index is 0.922. The number of anilines is 1. The fourth-order valence-electron chi connectivity index (χ4n) is 3.37. The van der Waals surface area contributed by atoms with Crippen LogP contribution in [0.1, 0.15) is 57.2 Å². The van der Waals surface area contributed by atoms with Crippen LogP contribution in [0.3, 0.4) is 0 Å². The molecular formula is C18H31N3. The third-order valence-corrected chi connectivity index (χ3v) is 4.54. The lowest BCUT2D eigenvalue weighted by molar-refractivity contribution is 0.435. The lowest BCUT2D eigenvalue weighted by atomic mass is 9.96. The summed E-state index contributed by atoms with van der Waals surface area (Å²) in [5, 5.41) is 3.26. The van der Waals surface area contributed by atoms with Gasteiger partial charge in [0.25, 0.3) is 0 Å². The highest BCUT2D eigenvalue weighted by atomic mass is 15.2. The zero-order valence-electron chi connectivity index (χ0n) is 14.0. The largest absolute Gasteiger partial charge is 0.357 e. The van der Waals surface area contributed by atoms with Crippen LogP contribution in [-0.4, -0.2) is 25.1 Å². The Morgan fingerprint density at radius 1 is 1.24 bits per heavy atom. The molecule has 3 heteroatoms. The smallest absolute Gasteiger partial charge is 0.129 e. The molecular weight excluding hydrogens is 258 g/mol. The van der Waals surface area contributed by atoms with E-state index in [4.69, 9.17) is 4.98 Å². The Kier molecular flexibility index (Phi) is 6.50. The van der Waals surface area contributed by atoms with Gasteiger partial charge in [-0.3, -0.25) is 0 Å². The minimum atomic E-state index is 0.922. The molecule has 21 heavy (non-hydrogen) atoms. The second-order valence-corrected chi connectivity index (χ2v) is 6.28. The lowest BCUT2D eigenvalue weighted by Gasteiger charge is -2.23. The van der Waals surface area contributed by atoms with Crippen molar-refractivity contribution in [1.29, 1.82) is 0 Å². The van der Waals surface area contributed by atoms with E-state index < -0.39 is 0 Å². The Morgan fingerprint density at radius 3 is 2.81 bits per heavy atom. The summed E-state index contributed by atoms with van der Waals surface area (Å²) in [5.41, 5.74) is 2.57. The molecule has 118 valence electrons. The van der Waals surface area contributed by atoms with E-state index in [1.807, 2.05) is 7.05 Å². The number of hydrogen-bond acceptors (Lipinski definition) is 3. The quantitative estimate of drug-likeness (QED) is 0.864. The van der Waals surface area contributed by atoms with Gasteiger partial charge in [0.05, 0.1) is 0 Å². The van der Waals surface area contributed by atoms with Gasteiger partial charge in [-0.25, -0.2) is 4.98 Å². The second kappa shape index (κ2) is 8.38. The van der Waals surface area contributed by atoms with E-state index in [-0.39, 0.29) is 0 Å². The molecule has 0 amide bonds. The summed E-state index contributed by atoms with van der Waals surface area (Å²) >= 11 is 0. The predicted molar refractivity (Wildman–Crippen MR) is 90.8 cm³/mol. The average Bonchev–Trinajstić information content (AvgIpc) is 2.73. The first-order valence-electron chi connectivity index (χ1n) is 8.66. The molecule has 1 aromatic rings. The highest BCUT2D eigenvalue weighted by Crippen LogP contribution is 2.25. The van der Waals surface area contributed by atoms with Crippen LogP contribution in [0, 0.1) is 5.92 Å². The number of aromatic nitrogens is 1. The van der Waals surface area contributed by atoms with Crippen LogP contribution in [0.2, 0.25) is 0 Å². The van der Waals surface area contributed by atoms with Crippen LogP contribution in [0.25, 0.3) is 0 Å². The maximum Gasteiger partial charge on any atom is 0.129 e. The van der Waals surface area contributed by atoms with Gasteiger partial charge in [0.2, 0.25) is 0 Å². The number of aryl methyl sites for hydroxylation is 1. The van der Waals surface area contributed by atoms with E-state index in [0.717, 1.165) is 18.9 Å². The van der Waals surface area contributed by atoms with Crippen molar-refractivity contribution in [2.75, 3.05) is 25.0 Å². The first-order valence-corrected chi connectivity index (χ1v) is 8.66. The maximum absolute atomic E-state index is 4.87. The summed E-state index contributed by atoms with van der Waals surface area (Å²) in [6.07, 6.45) is 7.75. The molecule has 0 bridgehead atoms. The Morgan fingerprint density at radius 2 is 2.10 bits per heavy atom. The maximum atomic E-state index is 4.87. The number of nitrogens with zero attached hydrogens (tertiary/aromatic N) is 2. The molecule has 0 saturated carbocycles. The first-order chi connectivity index (χ1) is 10.3. The third kappa shape index (κ3) is 4.70. The van der Waals surface area contributed by atoms with Crippen LogP contribution in [0.15, 0.2) is 12.1 Å². The predicted octanol–water partition coefficient (Wildman–Crippen LogP) is 3.77. The highest BCUT2D eigenvalue weighted by molar-refractivity contribution is 5.43. The van der Waals surface area contributed by atoms with E-state index >= 15 is 0 Å². The fourth-order valence-corrected chi connectivity index (χ4v) is 3.37. The van der Waals surface area contributed by atoms with Crippen molar-refractivity contribution in [2.24, 2.45) is 5.92 Å². The monoisotopic (exact) mass is 289 g/mol. The normalized spacial score (nSPS) is 19.6. The van der Waals surface area contributed by atoms with Gasteiger partial charge in [-0.05, 0) is 56.3 Å². The summed E-state index contributed by atoms with van der Waals surface area (Å²) in [5.74, 6) is 2.11. The van der Waals surface area contributed by atoms with Gasteiger partial charge in [0.1, 0.15) is 5.82 Å². The molecule has 1 N–H and O–H groups in total. The summed E-state index contributed by atoms with van der Waals surface area (Å²) in [6.45, 7) is 7.76. The van der Waals surface area contributed by atoms with Crippen molar-refractivity contribution in [3.05, 3.63) is 23.4 Å². The van der Waals surface area contributed by atoms with E-state index in [0.29, 0.717) is 0 Å². The molecule has 1 aromatic heterocycles. The lowest BCUT2D eigenvalue weighted by Crippen LogP contribution is -2.26. The molecule has 1 atom stereocenters. The van der Waals surface area contributed by atoms with Crippen LogP contribution in [0.5, 0.6) is 0 Å². The van der Waals surface area contributed by atoms with Gasteiger partial charge in [-0.1, -0.05) is 26.7 Å². The minimum Gasteiger partial charge on any atom is -0.357 e. The molecule has 3 nitrogen and oxygen atoms in total. The number of rotatable bonds is 6. The van der Waals surface area contributed by atoms with Crippen molar-refractivity contribution in [2.45, 2.75) is 58.9 Å². The number of hydrogen-bond donors (Lipinski definition) is 1. The highest BCUT2D eigenvalue weighted by Gasteiger charge is 2.18. The number of pyridine rings is 1. The van der Waals surface area contributed by atoms with Crippen LogP contribution >= 0.6 is 0 Å². The van der Waals surface area contributed by atoms with Crippen LogP contribution in [0.4, 0.5) is 5.82 Å². The zero-order valence-corrected chi connectivity index (χ0v) is 14.0. The van der Waals surface area contributed by atoms with E-state index in [9.17, 15) is 0 Å². The van der Waals surface area contributed by atoms with Gasteiger partial charge in [0, 0.05) is 25.3 Å². The molecule has 1 aliphatic rings. The van der Waals surface area contributed by atoms with Crippen LogP contribution < -0.4 is 10.2 Å². The second-order valence-electron chi connectivity index (χ2n) is 6.28. The Hall–Kier alpha value is -1.09. The molecule has 1 aliphatic heterocycles. The van der Waals surface area contributed by atoms with Crippen LogP contribution in [-0.2, 0) is 13.0 Å². The van der Waals surface area contributed by atoms with Gasteiger partial charge >= 0.3 is 0 Å². The number of nitrogens with one attached hydrogen (secondary N) is 1. The standard InChI is InChI=1S/C18H31N3/c1-4-7-15-8-6-10-21(11-9-15)18-13-16(14-19-3)12-17(5-2)20-18/h12-13,15,19H,4-11,14H2,1-3H3. The summed E-state index contributed by atoms with van der Waals surface area (Å²) in [7, 11) is 2.01. The summed E-state index contributed by atoms with van der Waals surface area (Å²) in [4.78, 5) is 7.38. The molecule has 1 saturated heterocycles. The van der Waals surface area contributed by atoms with Crippen molar-refractivity contribution in [3.8, 4) is 0 Å². The van der Waals surface area contributed by atoms with Crippen molar-refractivity contribution in [3.63, 3.8) is 0 Å². The topological polar surface area (TPSA) is 28.2 Å². The van der Waals surface area contributed by atoms with E-state index in [2.05, 4.69) is 36.2 Å². The van der Waals surface area contributed by atoms with Gasteiger partial charge < -0.3 is 10.2 Å². The van der Waals surface area contributed by atoms with Crippen molar-refractivity contribution >= 4 is 5.82 Å². The molecule has 0 radical (unpaired) electrons. The molecule has 0 spiro atoms. The average molecular weight is 289 g/mol. The fraction of sp³-hybridized carbons (Fsp3) is 0.722. The first kappa shape index (κ1) is 16.3. The van der Waals surface area contributed by atoms with E-state index in [1.54, 1.807) is 0 Å². The Bertz CT molecular complexity index is 430. The Labute approximate surface area is 130 Å². The van der Waals surface area contributed by atoms with Gasteiger partial charge in [-0.15, -0.1) is 0 Å². The SMILES string of the molecule is CCCC1CCCN(c2cc(CNC)cc(CC)n2)CC1.